The van der Waals surface area contributed by atoms with Crippen molar-refractivity contribution in [1.29, 1.82) is 0 Å². The van der Waals surface area contributed by atoms with E-state index >= 15 is 0 Å². The third-order valence-corrected chi connectivity index (χ3v) is 4.50. The van der Waals surface area contributed by atoms with E-state index in [1.807, 2.05) is 11.5 Å². The molecule has 1 aromatic carbocycles. The molecule has 0 radical (unpaired) electrons. The van der Waals surface area contributed by atoms with Gasteiger partial charge in [-0.3, -0.25) is 4.79 Å². The van der Waals surface area contributed by atoms with E-state index in [9.17, 15) is 14.3 Å². The van der Waals surface area contributed by atoms with Crippen molar-refractivity contribution in [1.82, 2.24) is 9.55 Å². The highest BCUT2D eigenvalue weighted by molar-refractivity contribution is 5.77. The van der Waals surface area contributed by atoms with Crippen molar-refractivity contribution in [3.05, 3.63) is 29.8 Å². The number of halogens is 1. The van der Waals surface area contributed by atoms with Gasteiger partial charge in [0, 0.05) is 18.5 Å². The van der Waals surface area contributed by atoms with E-state index < -0.39 is 11.9 Å². The summed E-state index contributed by atoms with van der Waals surface area (Å²) in [5.41, 5.74) is 1.48. The first kappa shape index (κ1) is 14.0. The summed E-state index contributed by atoms with van der Waals surface area (Å²) in [6, 6.07) is 4.56. The zero-order valence-corrected chi connectivity index (χ0v) is 12.2. The molecule has 1 aliphatic rings. The molecular formula is C16H19FN2O2. The van der Waals surface area contributed by atoms with E-state index in [-0.39, 0.29) is 11.7 Å². The van der Waals surface area contributed by atoms with Crippen molar-refractivity contribution in [2.45, 2.75) is 39.2 Å². The average Bonchev–Trinajstić information content (AvgIpc) is 2.98. The molecule has 0 saturated heterocycles. The van der Waals surface area contributed by atoms with E-state index in [2.05, 4.69) is 11.9 Å². The van der Waals surface area contributed by atoms with Gasteiger partial charge in [0.05, 0.1) is 17.0 Å². The summed E-state index contributed by atoms with van der Waals surface area (Å²) in [5.74, 6) is -0.401. The van der Waals surface area contributed by atoms with Gasteiger partial charge in [-0.05, 0) is 37.8 Å². The van der Waals surface area contributed by atoms with Crippen LogP contribution in [0.2, 0.25) is 0 Å². The molecule has 3 rings (SSSR count). The summed E-state index contributed by atoms with van der Waals surface area (Å²) in [5, 5.41) is 9.45. The second kappa shape index (κ2) is 5.13. The predicted molar refractivity (Wildman–Crippen MR) is 77.6 cm³/mol. The van der Waals surface area contributed by atoms with Crippen molar-refractivity contribution >= 4 is 17.0 Å². The van der Waals surface area contributed by atoms with Gasteiger partial charge in [0.2, 0.25) is 0 Å². The van der Waals surface area contributed by atoms with Crippen LogP contribution in [0.4, 0.5) is 4.39 Å². The fourth-order valence-electron chi connectivity index (χ4n) is 3.59. The Labute approximate surface area is 122 Å². The molecule has 4 nitrogen and oxygen atoms in total. The van der Waals surface area contributed by atoms with Gasteiger partial charge < -0.3 is 9.67 Å². The molecule has 3 atom stereocenters. The Morgan fingerprint density at radius 1 is 1.48 bits per heavy atom. The highest BCUT2D eigenvalue weighted by Gasteiger charge is 2.40. The third-order valence-electron chi connectivity index (χ3n) is 4.50. The number of carboxylic acid groups (broad SMARTS) is 1. The summed E-state index contributed by atoms with van der Waals surface area (Å²) >= 11 is 0. The van der Waals surface area contributed by atoms with E-state index in [1.165, 1.54) is 12.1 Å². The van der Waals surface area contributed by atoms with Crippen LogP contribution in [0.5, 0.6) is 0 Å². The summed E-state index contributed by atoms with van der Waals surface area (Å²) in [7, 11) is 0. The lowest BCUT2D eigenvalue weighted by Crippen LogP contribution is -2.20. The molecule has 0 amide bonds. The molecule has 1 fully saturated rings. The van der Waals surface area contributed by atoms with Gasteiger partial charge in [0.25, 0.3) is 0 Å². The number of nitrogens with zero attached hydrogens (tertiary/aromatic N) is 2. The minimum atomic E-state index is -0.759. The van der Waals surface area contributed by atoms with Gasteiger partial charge in [-0.15, -0.1) is 0 Å². The van der Waals surface area contributed by atoms with Crippen molar-refractivity contribution < 1.29 is 14.3 Å². The number of hydrogen-bond acceptors (Lipinski definition) is 2. The van der Waals surface area contributed by atoms with Gasteiger partial charge in [-0.1, -0.05) is 6.92 Å². The summed E-state index contributed by atoms with van der Waals surface area (Å²) in [6.45, 7) is 4.78. The molecule has 1 saturated carbocycles. The largest absolute Gasteiger partial charge is 0.481 e. The van der Waals surface area contributed by atoms with Crippen LogP contribution in [-0.4, -0.2) is 20.6 Å². The number of carbonyl (C=O) groups is 1. The van der Waals surface area contributed by atoms with Crippen LogP contribution in [-0.2, 0) is 11.3 Å². The van der Waals surface area contributed by atoms with Crippen molar-refractivity contribution in [2.24, 2.45) is 11.8 Å². The molecule has 0 bridgehead atoms. The molecule has 1 N–H and O–H groups in total. The van der Waals surface area contributed by atoms with Crippen molar-refractivity contribution in [3.63, 3.8) is 0 Å². The highest BCUT2D eigenvalue weighted by atomic mass is 19.1. The Balaban J connectivity index is 2.13. The predicted octanol–water partition coefficient (Wildman–Crippen LogP) is 3.41. The Bertz CT molecular complexity index is 695. The highest BCUT2D eigenvalue weighted by Crippen LogP contribution is 2.43. The minimum Gasteiger partial charge on any atom is -0.481 e. The average molecular weight is 290 g/mol. The van der Waals surface area contributed by atoms with Crippen LogP contribution >= 0.6 is 0 Å². The molecule has 1 heterocycles. The maximum absolute atomic E-state index is 13.4. The van der Waals surface area contributed by atoms with Crippen LogP contribution in [0.25, 0.3) is 11.0 Å². The second-order valence-corrected chi connectivity index (χ2v) is 5.98. The topological polar surface area (TPSA) is 55.1 Å². The summed E-state index contributed by atoms with van der Waals surface area (Å²) < 4.78 is 15.4. The summed E-state index contributed by atoms with van der Waals surface area (Å²) in [6.07, 6.45) is 1.50. The zero-order chi connectivity index (χ0) is 15.1. The number of aryl methyl sites for hydroxylation is 1. The molecule has 21 heavy (non-hydrogen) atoms. The fourth-order valence-corrected chi connectivity index (χ4v) is 3.59. The fraction of sp³-hybridized carbons (Fsp3) is 0.500. The lowest BCUT2D eigenvalue weighted by molar-refractivity contribution is -0.142. The first-order valence-corrected chi connectivity index (χ1v) is 7.39. The molecule has 0 spiro atoms. The quantitative estimate of drug-likeness (QED) is 0.942. The number of imidazole rings is 1. The lowest BCUT2D eigenvalue weighted by atomic mass is 9.95. The number of rotatable bonds is 3. The zero-order valence-electron chi connectivity index (χ0n) is 12.2. The van der Waals surface area contributed by atoms with E-state index in [1.54, 1.807) is 6.07 Å². The van der Waals surface area contributed by atoms with Crippen LogP contribution in [0.3, 0.4) is 0 Å². The molecule has 1 aliphatic carbocycles. The number of fused-ring (bicyclic) bond motifs is 1. The molecule has 2 aromatic rings. The van der Waals surface area contributed by atoms with Crippen LogP contribution in [0.15, 0.2) is 18.2 Å². The number of hydrogen-bond donors (Lipinski definition) is 1. The number of aliphatic carboxylic acids is 1. The van der Waals surface area contributed by atoms with Gasteiger partial charge in [0.1, 0.15) is 11.6 Å². The molecule has 3 unspecified atom stereocenters. The first-order valence-electron chi connectivity index (χ1n) is 7.39. The first-order chi connectivity index (χ1) is 10.0. The Morgan fingerprint density at radius 3 is 2.90 bits per heavy atom. The molecular weight excluding hydrogens is 271 g/mol. The van der Waals surface area contributed by atoms with Crippen LogP contribution < -0.4 is 0 Å². The normalized spacial score (nSPS) is 25.6. The number of carboxylic acids is 1. The lowest BCUT2D eigenvalue weighted by Gasteiger charge is -2.16. The smallest absolute Gasteiger partial charge is 0.307 e. The van der Waals surface area contributed by atoms with E-state index in [0.29, 0.717) is 24.4 Å². The van der Waals surface area contributed by atoms with E-state index in [0.717, 1.165) is 17.8 Å². The van der Waals surface area contributed by atoms with Gasteiger partial charge in [-0.25, -0.2) is 9.37 Å². The van der Waals surface area contributed by atoms with Gasteiger partial charge >= 0.3 is 5.97 Å². The van der Waals surface area contributed by atoms with Crippen molar-refractivity contribution in [2.75, 3.05) is 0 Å². The minimum absolute atomic E-state index is 0.0899. The summed E-state index contributed by atoms with van der Waals surface area (Å²) in [4.78, 5) is 16.1. The second-order valence-electron chi connectivity index (χ2n) is 5.98. The SMILES string of the molecule is CCn1c(C2CC(C)CC2C(=O)O)nc2cc(F)ccc21. The van der Waals surface area contributed by atoms with Gasteiger partial charge in [-0.2, -0.15) is 0 Å². The standard InChI is InChI=1S/C16H19FN2O2/c1-3-19-14-5-4-10(17)8-13(14)18-15(19)11-6-9(2)7-12(11)16(20)21/h4-5,8-9,11-12H,3,6-7H2,1-2H3,(H,20,21). The monoisotopic (exact) mass is 290 g/mol. The number of benzene rings is 1. The molecule has 1 aromatic heterocycles. The van der Waals surface area contributed by atoms with E-state index in [4.69, 9.17) is 0 Å². The Kier molecular flexibility index (Phi) is 3.43. The van der Waals surface area contributed by atoms with Crippen LogP contribution in [0.1, 0.15) is 38.4 Å². The number of aromatic nitrogens is 2. The third kappa shape index (κ3) is 2.30. The maximum atomic E-state index is 13.4. The Morgan fingerprint density at radius 2 is 2.24 bits per heavy atom. The molecule has 5 heteroatoms. The maximum Gasteiger partial charge on any atom is 0.307 e. The van der Waals surface area contributed by atoms with Crippen molar-refractivity contribution in [3.8, 4) is 0 Å². The van der Waals surface area contributed by atoms with Gasteiger partial charge in [0.15, 0.2) is 0 Å². The van der Waals surface area contributed by atoms with Crippen LogP contribution in [0, 0.1) is 17.7 Å². The molecule has 0 aliphatic heterocycles. The Hall–Kier alpha value is -1.91. The molecule has 112 valence electrons.